The van der Waals surface area contributed by atoms with Crippen molar-refractivity contribution in [3.05, 3.63) is 0 Å². The molecule has 6 heteroatoms. The molecule has 20 heavy (non-hydrogen) atoms. The first-order chi connectivity index (χ1) is 9.23. The van der Waals surface area contributed by atoms with E-state index in [0.29, 0.717) is 6.61 Å². The molecule has 2 saturated heterocycles. The maximum Gasteiger partial charge on any atom is 0.389 e. The maximum absolute atomic E-state index is 12.2. The Bertz CT molecular complexity index is 325. The van der Waals surface area contributed by atoms with Gasteiger partial charge in [-0.15, -0.1) is 0 Å². The van der Waals surface area contributed by atoms with Gasteiger partial charge in [0.1, 0.15) is 0 Å². The average Bonchev–Trinajstić information content (AvgIpc) is 2.75. The van der Waals surface area contributed by atoms with Crippen molar-refractivity contribution in [3.63, 3.8) is 0 Å². The summed E-state index contributed by atoms with van der Waals surface area (Å²) in [5, 5.41) is 10.6. The molecule has 0 aromatic heterocycles. The van der Waals surface area contributed by atoms with E-state index >= 15 is 0 Å². The van der Waals surface area contributed by atoms with Crippen molar-refractivity contribution in [2.24, 2.45) is 5.92 Å². The predicted octanol–water partition coefficient (Wildman–Crippen LogP) is 3.77. The Morgan fingerprint density at radius 1 is 1.35 bits per heavy atom. The SMILES string of the molecule is CC(O)(CCCC(F)(F)F)C1CCOC2(CCSC2)C1. The first-order valence-corrected chi connectivity index (χ1v) is 8.39. The number of alkyl halides is 3. The van der Waals surface area contributed by atoms with Gasteiger partial charge < -0.3 is 9.84 Å². The Labute approximate surface area is 122 Å². The number of thioether (sulfide) groups is 1. The van der Waals surface area contributed by atoms with Crippen LogP contribution in [0.3, 0.4) is 0 Å². The molecule has 0 aromatic carbocycles. The fourth-order valence-electron chi connectivity index (χ4n) is 3.27. The molecule has 2 heterocycles. The van der Waals surface area contributed by atoms with Crippen LogP contribution in [0.25, 0.3) is 0 Å². The van der Waals surface area contributed by atoms with Crippen molar-refractivity contribution in [2.45, 2.75) is 62.8 Å². The minimum atomic E-state index is -4.13. The lowest BCUT2D eigenvalue weighted by molar-refractivity contribution is -0.146. The molecule has 2 aliphatic rings. The van der Waals surface area contributed by atoms with Gasteiger partial charge in [0, 0.05) is 18.8 Å². The van der Waals surface area contributed by atoms with Gasteiger partial charge in [0.05, 0.1) is 11.2 Å². The van der Waals surface area contributed by atoms with Crippen LogP contribution < -0.4 is 0 Å². The largest absolute Gasteiger partial charge is 0.390 e. The molecule has 0 bridgehead atoms. The Hall–Kier alpha value is 0.0600. The topological polar surface area (TPSA) is 29.5 Å². The fourth-order valence-corrected chi connectivity index (χ4v) is 4.65. The third-order valence-corrected chi connectivity index (χ3v) is 5.81. The monoisotopic (exact) mass is 312 g/mol. The summed E-state index contributed by atoms with van der Waals surface area (Å²) >= 11 is 1.86. The third kappa shape index (κ3) is 4.28. The van der Waals surface area contributed by atoms with E-state index < -0.39 is 18.2 Å². The zero-order chi connectivity index (χ0) is 14.9. The molecule has 118 valence electrons. The second-order valence-corrected chi connectivity index (χ2v) is 7.45. The second kappa shape index (κ2) is 6.05. The molecular weight excluding hydrogens is 289 g/mol. The smallest absolute Gasteiger partial charge is 0.389 e. The van der Waals surface area contributed by atoms with Gasteiger partial charge in [-0.1, -0.05) is 0 Å². The van der Waals surface area contributed by atoms with Crippen molar-refractivity contribution in [1.82, 2.24) is 0 Å². The molecule has 2 nitrogen and oxygen atoms in total. The molecule has 1 N–H and O–H groups in total. The Morgan fingerprint density at radius 2 is 2.10 bits per heavy atom. The van der Waals surface area contributed by atoms with Crippen LogP contribution in [0.4, 0.5) is 13.2 Å². The van der Waals surface area contributed by atoms with Gasteiger partial charge >= 0.3 is 6.18 Å². The van der Waals surface area contributed by atoms with Gasteiger partial charge in [-0.2, -0.15) is 24.9 Å². The van der Waals surface area contributed by atoms with Crippen molar-refractivity contribution in [1.29, 1.82) is 0 Å². The van der Waals surface area contributed by atoms with Crippen molar-refractivity contribution >= 4 is 11.8 Å². The molecule has 3 unspecified atom stereocenters. The van der Waals surface area contributed by atoms with Crippen LogP contribution in [0.15, 0.2) is 0 Å². The van der Waals surface area contributed by atoms with Gasteiger partial charge in [0.15, 0.2) is 0 Å². The zero-order valence-corrected chi connectivity index (χ0v) is 12.7. The van der Waals surface area contributed by atoms with E-state index in [9.17, 15) is 18.3 Å². The van der Waals surface area contributed by atoms with E-state index in [0.717, 1.165) is 30.8 Å². The number of ether oxygens (including phenoxy) is 1. The lowest BCUT2D eigenvalue weighted by atomic mass is 9.74. The first kappa shape index (κ1) is 16.4. The van der Waals surface area contributed by atoms with Gasteiger partial charge in [-0.25, -0.2) is 0 Å². The summed E-state index contributed by atoms with van der Waals surface area (Å²) in [6.45, 7) is 2.30. The maximum atomic E-state index is 12.2. The molecule has 0 aromatic rings. The molecule has 2 rings (SSSR count). The molecule has 0 saturated carbocycles. The Balaban J connectivity index is 1.88. The molecule has 0 radical (unpaired) electrons. The van der Waals surface area contributed by atoms with E-state index in [2.05, 4.69) is 0 Å². The van der Waals surface area contributed by atoms with Gasteiger partial charge in [0.2, 0.25) is 0 Å². The highest BCUT2D eigenvalue weighted by Crippen LogP contribution is 2.44. The van der Waals surface area contributed by atoms with Crippen LogP contribution in [-0.2, 0) is 4.74 Å². The van der Waals surface area contributed by atoms with Crippen LogP contribution in [-0.4, -0.2) is 40.6 Å². The van der Waals surface area contributed by atoms with Crippen molar-refractivity contribution < 1.29 is 23.0 Å². The highest BCUT2D eigenvalue weighted by molar-refractivity contribution is 7.99. The number of aliphatic hydroxyl groups is 1. The minimum Gasteiger partial charge on any atom is -0.390 e. The number of hydrogen-bond acceptors (Lipinski definition) is 3. The molecular formula is C14H23F3O2S. The minimum absolute atomic E-state index is 0.00436. The summed E-state index contributed by atoms with van der Waals surface area (Å²) in [7, 11) is 0. The summed E-state index contributed by atoms with van der Waals surface area (Å²) in [5.74, 6) is 2.06. The van der Waals surface area contributed by atoms with E-state index in [4.69, 9.17) is 4.74 Å². The van der Waals surface area contributed by atoms with Crippen LogP contribution in [0, 0.1) is 5.92 Å². The van der Waals surface area contributed by atoms with E-state index in [-0.39, 0.29) is 24.4 Å². The van der Waals surface area contributed by atoms with Crippen molar-refractivity contribution in [3.8, 4) is 0 Å². The van der Waals surface area contributed by atoms with Crippen LogP contribution in [0.5, 0.6) is 0 Å². The highest BCUT2D eigenvalue weighted by Gasteiger charge is 2.45. The highest BCUT2D eigenvalue weighted by atomic mass is 32.2. The predicted molar refractivity (Wildman–Crippen MR) is 73.9 cm³/mol. The summed E-state index contributed by atoms with van der Waals surface area (Å²) in [5.41, 5.74) is -1.16. The lowest BCUT2D eigenvalue weighted by Gasteiger charge is -2.43. The number of halogens is 3. The first-order valence-electron chi connectivity index (χ1n) is 7.23. The van der Waals surface area contributed by atoms with E-state index in [1.807, 2.05) is 11.8 Å². The second-order valence-electron chi connectivity index (χ2n) is 6.35. The summed E-state index contributed by atoms with van der Waals surface area (Å²) in [4.78, 5) is 0. The van der Waals surface area contributed by atoms with E-state index in [1.54, 1.807) is 6.92 Å². The van der Waals surface area contributed by atoms with Gasteiger partial charge in [-0.3, -0.25) is 0 Å². The molecule has 2 fully saturated rings. The average molecular weight is 312 g/mol. The van der Waals surface area contributed by atoms with Gasteiger partial charge in [0.25, 0.3) is 0 Å². The van der Waals surface area contributed by atoms with E-state index in [1.165, 1.54) is 0 Å². The molecule has 0 amide bonds. The summed E-state index contributed by atoms with van der Waals surface area (Å²) < 4.78 is 42.5. The standard InChI is InChI=1S/C14H23F3O2S/c1-12(18,4-2-5-14(15,16)17)11-3-7-19-13(9-11)6-8-20-10-13/h11,18H,2-10H2,1H3. The normalized spacial score (nSPS) is 34.4. The Morgan fingerprint density at radius 3 is 2.70 bits per heavy atom. The Kier molecular flexibility index (Phi) is 4.97. The number of hydrogen-bond donors (Lipinski definition) is 1. The van der Waals surface area contributed by atoms with Crippen LogP contribution >= 0.6 is 11.8 Å². The quantitative estimate of drug-likeness (QED) is 0.857. The molecule has 3 atom stereocenters. The van der Waals surface area contributed by atoms with Gasteiger partial charge in [-0.05, 0) is 50.7 Å². The third-order valence-electron chi connectivity index (χ3n) is 4.58. The van der Waals surface area contributed by atoms with Crippen molar-refractivity contribution in [2.75, 3.05) is 18.1 Å². The van der Waals surface area contributed by atoms with Crippen LogP contribution in [0.2, 0.25) is 0 Å². The number of rotatable bonds is 4. The molecule has 0 aliphatic carbocycles. The fraction of sp³-hybridized carbons (Fsp3) is 1.00. The molecule has 1 spiro atoms. The summed E-state index contributed by atoms with van der Waals surface area (Å²) in [6.07, 6.45) is -2.23. The summed E-state index contributed by atoms with van der Waals surface area (Å²) in [6, 6.07) is 0. The lowest BCUT2D eigenvalue weighted by Crippen LogP contribution is -2.47. The molecule has 2 aliphatic heterocycles. The van der Waals surface area contributed by atoms with Crippen LogP contribution in [0.1, 0.15) is 45.4 Å². The zero-order valence-electron chi connectivity index (χ0n) is 11.8.